The summed E-state index contributed by atoms with van der Waals surface area (Å²) in [7, 11) is 1.94. The number of imide groups is 1. The van der Waals surface area contributed by atoms with Crippen molar-refractivity contribution in [2.45, 2.75) is 31.8 Å². The minimum absolute atomic E-state index is 0.192. The normalized spacial score (nSPS) is 16.0. The molecule has 2 aromatic carbocycles. The zero-order valence-electron chi connectivity index (χ0n) is 15.1. The van der Waals surface area contributed by atoms with E-state index >= 15 is 0 Å². The molecule has 3 rings (SSSR count). The summed E-state index contributed by atoms with van der Waals surface area (Å²) in [5.41, 5.74) is 3.64. The van der Waals surface area contributed by atoms with Gasteiger partial charge in [0.1, 0.15) is 0 Å². The summed E-state index contributed by atoms with van der Waals surface area (Å²) in [6.45, 7) is 0.587. The Morgan fingerprint density at radius 1 is 1.08 bits per heavy atom. The van der Waals surface area contributed by atoms with Crippen LogP contribution in [0.2, 0.25) is 0 Å². The number of benzene rings is 2. The van der Waals surface area contributed by atoms with Crippen molar-refractivity contribution < 1.29 is 9.59 Å². The third-order valence-corrected chi connectivity index (χ3v) is 4.81. The molecule has 0 radical (unpaired) electrons. The number of aryl methyl sites for hydroxylation is 1. The lowest BCUT2D eigenvalue weighted by atomic mass is 9.87. The molecule has 0 bridgehead atoms. The van der Waals surface area contributed by atoms with Crippen LogP contribution < -0.4 is 10.6 Å². The summed E-state index contributed by atoms with van der Waals surface area (Å²) in [6.07, 6.45) is 3.24. The number of carbonyl (C=O) groups is 2. The first-order chi connectivity index (χ1) is 12.6. The lowest BCUT2D eigenvalue weighted by Crippen LogP contribution is -2.44. The Balaban J connectivity index is 1.49. The van der Waals surface area contributed by atoms with E-state index < -0.39 is 6.03 Å². The van der Waals surface area contributed by atoms with Gasteiger partial charge in [-0.05, 0) is 43.0 Å². The van der Waals surface area contributed by atoms with Crippen LogP contribution in [0.3, 0.4) is 0 Å². The molecule has 26 heavy (non-hydrogen) atoms. The quantitative estimate of drug-likeness (QED) is 0.870. The first-order valence-corrected chi connectivity index (χ1v) is 9.03. The molecular weight excluding hydrogens is 326 g/mol. The average molecular weight is 351 g/mol. The second kappa shape index (κ2) is 8.63. The van der Waals surface area contributed by atoms with Gasteiger partial charge in [-0.1, -0.05) is 54.6 Å². The molecule has 5 nitrogen and oxygen atoms in total. The predicted octanol–water partition coefficient (Wildman–Crippen LogP) is 3.02. The Morgan fingerprint density at radius 2 is 1.81 bits per heavy atom. The van der Waals surface area contributed by atoms with E-state index in [1.54, 1.807) is 0 Å². The SMILES string of the molecule is CN(CC(=O)NC(=O)NCc1ccccc1)[C@H]1CCCc2ccccc21. The number of nitrogens with one attached hydrogen (secondary N) is 2. The molecule has 0 spiro atoms. The molecule has 5 heteroatoms. The third-order valence-electron chi connectivity index (χ3n) is 4.81. The van der Waals surface area contributed by atoms with Crippen LogP contribution in [0.5, 0.6) is 0 Å². The van der Waals surface area contributed by atoms with Crippen LogP contribution >= 0.6 is 0 Å². The molecule has 1 atom stereocenters. The molecule has 0 aromatic heterocycles. The maximum Gasteiger partial charge on any atom is 0.321 e. The van der Waals surface area contributed by atoms with Gasteiger partial charge in [0.25, 0.3) is 0 Å². The number of carbonyl (C=O) groups excluding carboxylic acids is 2. The molecule has 0 unspecified atom stereocenters. The molecule has 0 saturated carbocycles. The number of amides is 3. The molecule has 0 heterocycles. The lowest BCUT2D eigenvalue weighted by molar-refractivity contribution is -0.121. The second-order valence-corrected chi connectivity index (χ2v) is 6.74. The standard InChI is InChI=1S/C21H25N3O2/c1-24(19-13-7-11-17-10-5-6-12-18(17)19)15-20(25)23-21(26)22-14-16-8-3-2-4-9-16/h2-6,8-10,12,19H,7,11,13-15H2,1H3,(H2,22,23,25,26)/t19-/m0/s1. The molecule has 2 aromatic rings. The van der Waals surface area contributed by atoms with Crippen LogP contribution in [-0.4, -0.2) is 30.4 Å². The van der Waals surface area contributed by atoms with Crippen molar-refractivity contribution in [3.63, 3.8) is 0 Å². The fraction of sp³-hybridized carbons (Fsp3) is 0.333. The van der Waals surface area contributed by atoms with E-state index in [4.69, 9.17) is 0 Å². The Labute approximate surface area is 154 Å². The van der Waals surface area contributed by atoms with Gasteiger partial charge in [0.2, 0.25) is 5.91 Å². The van der Waals surface area contributed by atoms with Crippen molar-refractivity contribution in [3.8, 4) is 0 Å². The lowest BCUT2D eigenvalue weighted by Gasteiger charge is -2.32. The summed E-state index contributed by atoms with van der Waals surface area (Å²) >= 11 is 0. The first-order valence-electron chi connectivity index (χ1n) is 9.03. The van der Waals surface area contributed by atoms with Crippen molar-refractivity contribution >= 4 is 11.9 Å². The smallest absolute Gasteiger partial charge is 0.321 e. The highest BCUT2D eigenvalue weighted by Crippen LogP contribution is 2.33. The summed E-state index contributed by atoms with van der Waals surface area (Å²) in [5, 5.41) is 5.12. The largest absolute Gasteiger partial charge is 0.334 e. The van der Waals surface area contributed by atoms with E-state index in [2.05, 4.69) is 28.8 Å². The number of nitrogens with zero attached hydrogens (tertiary/aromatic N) is 1. The maximum atomic E-state index is 12.2. The average Bonchev–Trinajstić information content (AvgIpc) is 2.66. The summed E-state index contributed by atoms with van der Waals surface area (Å²) in [4.78, 5) is 26.2. The zero-order valence-corrected chi connectivity index (χ0v) is 15.1. The van der Waals surface area contributed by atoms with Gasteiger partial charge in [-0.2, -0.15) is 0 Å². The molecule has 3 amide bonds. The first kappa shape index (κ1) is 18.1. The van der Waals surface area contributed by atoms with Gasteiger partial charge in [0.15, 0.2) is 0 Å². The van der Waals surface area contributed by atoms with Gasteiger partial charge in [0, 0.05) is 12.6 Å². The number of urea groups is 1. The second-order valence-electron chi connectivity index (χ2n) is 6.74. The Kier molecular flexibility index (Phi) is 6.02. The van der Waals surface area contributed by atoms with E-state index in [0.717, 1.165) is 24.8 Å². The van der Waals surface area contributed by atoms with Gasteiger partial charge in [-0.25, -0.2) is 4.79 Å². The predicted molar refractivity (Wildman–Crippen MR) is 102 cm³/mol. The highest BCUT2D eigenvalue weighted by molar-refractivity contribution is 5.95. The van der Waals surface area contributed by atoms with Gasteiger partial charge in [-0.15, -0.1) is 0 Å². The molecule has 1 aliphatic rings. The molecule has 0 fully saturated rings. The maximum absolute atomic E-state index is 12.2. The molecule has 1 aliphatic carbocycles. The zero-order chi connectivity index (χ0) is 18.4. The minimum atomic E-state index is -0.462. The highest BCUT2D eigenvalue weighted by atomic mass is 16.2. The molecular formula is C21H25N3O2. The summed E-state index contributed by atoms with van der Waals surface area (Å²) in [5.74, 6) is -0.291. The van der Waals surface area contributed by atoms with Crippen LogP contribution in [0.15, 0.2) is 54.6 Å². The number of hydrogen-bond donors (Lipinski definition) is 2. The van der Waals surface area contributed by atoms with Gasteiger partial charge in [-0.3, -0.25) is 15.0 Å². The highest BCUT2D eigenvalue weighted by Gasteiger charge is 2.24. The Hall–Kier alpha value is -2.66. The fourth-order valence-electron chi connectivity index (χ4n) is 3.51. The summed E-state index contributed by atoms with van der Waals surface area (Å²) < 4.78 is 0. The van der Waals surface area contributed by atoms with Crippen LogP contribution in [0.25, 0.3) is 0 Å². The number of hydrogen-bond acceptors (Lipinski definition) is 3. The van der Waals surface area contributed by atoms with E-state index in [9.17, 15) is 9.59 Å². The molecule has 2 N–H and O–H groups in total. The van der Waals surface area contributed by atoms with Crippen LogP contribution in [0.1, 0.15) is 35.6 Å². The van der Waals surface area contributed by atoms with Gasteiger partial charge in [0.05, 0.1) is 6.54 Å². The van der Waals surface area contributed by atoms with Crippen molar-refractivity contribution in [1.82, 2.24) is 15.5 Å². The van der Waals surface area contributed by atoms with Gasteiger partial charge < -0.3 is 5.32 Å². The van der Waals surface area contributed by atoms with Crippen LogP contribution in [-0.2, 0) is 17.8 Å². The van der Waals surface area contributed by atoms with E-state index in [1.807, 2.05) is 48.3 Å². The van der Waals surface area contributed by atoms with Crippen LogP contribution in [0.4, 0.5) is 4.79 Å². The van der Waals surface area contributed by atoms with Crippen molar-refractivity contribution in [1.29, 1.82) is 0 Å². The number of likely N-dealkylation sites (N-methyl/N-ethyl adjacent to an activating group) is 1. The third kappa shape index (κ3) is 4.70. The van der Waals surface area contributed by atoms with Crippen molar-refractivity contribution in [2.24, 2.45) is 0 Å². The Bertz CT molecular complexity index is 761. The molecule has 0 saturated heterocycles. The van der Waals surface area contributed by atoms with E-state index in [1.165, 1.54) is 11.1 Å². The Morgan fingerprint density at radius 3 is 2.62 bits per heavy atom. The molecule has 0 aliphatic heterocycles. The fourth-order valence-corrected chi connectivity index (χ4v) is 3.51. The summed E-state index contributed by atoms with van der Waals surface area (Å²) in [6, 6.07) is 17.8. The van der Waals surface area contributed by atoms with Crippen molar-refractivity contribution in [3.05, 3.63) is 71.3 Å². The van der Waals surface area contributed by atoms with Crippen molar-refractivity contribution in [2.75, 3.05) is 13.6 Å². The van der Waals surface area contributed by atoms with Crippen LogP contribution in [0, 0.1) is 0 Å². The topological polar surface area (TPSA) is 61.4 Å². The number of rotatable bonds is 5. The van der Waals surface area contributed by atoms with E-state index in [-0.39, 0.29) is 18.5 Å². The monoisotopic (exact) mass is 351 g/mol. The minimum Gasteiger partial charge on any atom is -0.334 e. The van der Waals surface area contributed by atoms with Gasteiger partial charge >= 0.3 is 6.03 Å². The van der Waals surface area contributed by atoms with E-state index in [0.29, 0.717) is 6.54 Å². The number of fused-ring (bicyclic) bond motifs is 1. The molecule has 136 valence electrons.